The summed E-state index contributed by atoms with van der Waals surface area (Å²) in [6.07, 6.45) is 8.77. The molecule has 6 aromatic rings. The maximum atomic E-state index is 12.2. The first-order valence-electron chi connectivity index (χ1n) is 11.8. The van der Waals surface area contributed by atoms with E-state index in [2.05, 4.69) is 59.7 Å². The maximum Gasteiger partial charge on any atom is 0.238 e. The van der Waals surface area contributed by atoms with Crippen LogP contribution in [0.2, 0.25) is 0 Å². The van der Waals surface area contributed by atoms with Crippen LogP contribution in [-0.4, -0.2) is 61.6 Å². The van der Waals surface area contributed by atoms with Crippen LogP contribution in [0.3, 0.4) is 0 Å². The smallest absolute Gasteiger partial charge is 0.238 e. The number of nitrogens with zero attached hydrogens (tertiary/aromatic N) is 5. The molecule has 0 spiro atoms. The fourth-order valence-electron chi connectivity index (χ4n) is 4.47. The van der Waals surface area contributed by atoms with Gasteiger partial charge in [0.15, 0.2) is 0 Å². The summed E-state index contributed by atoms with van der Waals surface area (Å²) >= 11 is 0. The molecule has 9 heteroatoms. The number of aromatic amines is 2. The molecule has 6 rings (SSSR count). The number of nitrogens with one attached hydrogen (secondary N) is 3. The van der Waals surface area contributed by atoms with Gasteiger partial charge in [0.05, 0.1) is 41.5 Å². The lowest BCUT2D eigenvalue weighted by Crippen LogP contribution is -2.27. The van der Waals surface area contributed by atoms with E-state index in [9.17, 15) is 4.79 Å². The van der Waals surface area contributed by atoms with E-state index in [-0.39, 0.29) is 5.91 Å². The zero-order valence-electron chi connectivity index (χ0n) is 20.4. The summed E-state index contributed by atoms with van der Waals surface area (Å²) < 4.78 is 0. The van der Waals surface area contributed by atoms with Crippen molar-refractivity contribution < 1.29 is 4.79 Å². The minimum absolute atomic E-state index is 0.103. The van der Waals surface area contributed by atoms with E-state index < -0.39 is 0 Å². The highest BCUT2D eigenvalue weighted by Crippen LogP contribution is 2.34. The first-order chi connectivity index (χ1) is 18.0. The number of carbonyl (C=O) groups is 1. The number of anilines is 1. The molecule has 5 aromatic heterocycles. The summed E-state index contributed by atoms with van der Waals surface area (Å²) in [7, 11) is 3.70. The van der Waals surface area contributed by atoms with Gasteiger partial charge in [0.1, 0.15) is 5.69 Å². The molecule has 0 aliphatic carbocycles. The van der Waals surface area contributed by atoms with Gasteiger partial charge < -0.3 is 15.2 Å². The molecular weight excluding hydrogens is 464 g/mol. The topological polar surface area (TPSA) is 115 Å². The Morgan fingerprint density at radius 2 is 1.81 bits per heavy atom. The summed E-state index contributed by atoms with van der Waals surface area (Å²) in [5.41, 5.74) is 7.87. The second kappa shape index (κ2) is 9.29. The first-order valence-corrected chi connectivity index (χ1v) is 11.8. The standard InChI is InChI=1S/C28H24N8O/c1-36(2)16-27(37)32-19-9-18(13-30-14-19)24-11-22-26(15-31-24)34-35-28(22)25-10-21-20(6-3-7-23(21)33-25)17-5-4-8-29-12-17/h3-15,33H,16H2,1-2H3,(H,32,37)(H,34,35). The number of likely N-dealkylation sites (N-methyl/N-ethyl adjacent to an activating group) is 1. The third-order valence-corrected chi connectivity index (χ3v) is 6.12. The number of fused-ring (bicyclic) bond motifs is 2. The number of benzene rings is 1. The maximum absolute atomic E-state index is 12.2. The van der Waals surface area contributed by atoms with Gasteiger partial charge in [-0.25, -0.2) is 0 Å². The minimum Gasteiger partial charge on any atom is -0.353 e. The summed E-state index contributed by atoms with van der Waals surface area (Å²) in [5, 5.41) is 12.6. The van der Waals surface area contributed by atoms with E-state index in [4.69, 9.17) is 0 Å². The van der Waals surface area contributed by atoms with Crippen LogP contribution in [0.1, 0.15) is 0 Å². The van der Waals surface area contributed by atoms with Crippen LogP contribution in [0.25, 0.3) is 55.6 Å². The van der Waals surface area contributed by atoms with Gasteiger partial charge in [0, 0.05) is 46.0 Å². The van der Waals surface area contributed by atoms with Gasteiger partial charge in [0.2, 0.25) is 5.91 Å². The monoisotopic (exact) mass is 488 g/mol. The van der Waals surface area contributed by atoms with Gasteiger partial charge in [-0.15, -0.1) is 0 Å². The molecule has 3 N–H and O–H groups in total. The van der Waals surface area contributed by atoms with Crippen LogP contribution in [0, 0.1) is 0 Å². The molecule has 0 radical (unpaired) electrons. The molecule has 37 heavy (non-hydrogen) atoms. The molecular formula is C28H24N8O. The van der Waals surface area contributed by atoms with E-state index in [0.717, 1.165) is 55.6 Å². The second-order valence-electron chi connectivity index (χ2n) is 9.13. The van der Waals surface area contributed by atoms with Crippen molar-refractivity contribution in [2.75, 3.05) is 26.0 Å². The fraction of sp³-hybridized carbons (Fsp3) is 0.107. The van der Waals surface area contributed by atoms with Crippen molar-refractivity contribution in [2.24, 2.45) is 0 Å². The zero-order chi connectivity index (χ0) is 25.4. The number of H-pyrrole nitrogens is 2. The average Bonchev–Trinajstić information content (AvgIpc) is 3.52. The fourth-order valence-corrected chi connectivity index (χ4v) is 4.47. The van der Waals surface area contributed by atoms with Crippen LogP contribution in [0.5, 0.6) is 0 Å². The SMILES string of the molecule is CN(C)CC(=O)Nc1cncc(-c2cc3c(-c4cc5c(-c6cccnc6)cccc5[nH]4)n[nH]c3cn2)c1. The van der Waals surface area contributed by atoms with Gasteiger partial charge >= 0.3 is 0 Å². The van der Waals surface area contributed by atoms with Crippen molar-refractivity contribution in [1.29, 1.82) is 0 Å². The molecule has 5 heterocycles. The quantitative estimate of drug-likeness (QED) is 0.312. The Kier molecular flexibility index (Phi) is 5.66. The minimum atomic E-state index is -0.103. The lowest BCUT2D eigenvalue weighted by Gasteiger charge is -2.10. The summed E-state index contributed by atoms with van der Waals surface area (Å²) in [5.74, 6) is -0.103. The van der Waals surface area contributed by atoms with E-state index in [1.807, 2.05) is 49.5 Å². The Hall–Kier alpha value is -4.89. The number of carbonyl (C=O) groups excluding carboxylic acids is 1. The molecule has 0 saturated carbocycles. The third-order valence-electron chi connectivity index (χ3n) is 6.12. The molecule has 0 aliphatic rings. The van der Waals surface area contributed by atoms with Gasteiger partial charge in [-0.3, -0.25) is 24.8 Å². The summed E-state index contributed by atoms with van der Waals surface area (Å²) in [6.45, 7) is 0.291. The largest absolute Gasteiger partial charge is 0.353 e. The van der Waals surface area contributed by atoms with Gasteiger partial charge in [-0.2, -0.15) is 5.10 Å². The number of hydrogen-bond donors (Lipinski definition) is 3. The lowest BCUT2D eigenvalue weighted by atomic mass is 10.0. The molecule has 1 amide bonds. The summed E-state index contributed by atoms with van der Waals surface area (Å²) in [6, 6.07) is 16.2. The van der Waals surface area contributed by atoms with Crippen LogP contribution in [0.15, 0.2) is 79.5 Å². The van der Waals surface area contributed by atoms with Crippen molar-refractivity contribution in [3.05, 3.63) is 79.5 Å². The van der Waals surface area contributed by atoms with Crippen molar-refractivity contribution >= 4 is 33.4 Å². The highest BCUT2D eigenvalue weighted by Gasteiger charge is 2.15. The van der Waals surface area contributed by atoms with Crippen molar-refractivity contribution in [3.63, 3.8) is 0 Å². The Morgan fingerprint density at radius 3 is 2.65 bits per heavy atom. The lowest BCUT2D eigenvalue weighted by molar-refractivity contribution is -0.116. The second-order valence-corrected chi connectivity index (χ2v) is 9.13. The van der Waals surface area contributed by atoms with Crippen LogP contribution in [0.4, 0.5) is 5.69 Å². The number of rotatable bonds is 6. The van der Waals surface area contributed by atoms with Gasteiger partial charge in [-0.05, 0) is 50.0 Å². The molecule has 182 valence electrons. The highest BCUT2D eigenvalue weighted by molar-refractivity contribution is 6.01. The molecule has 1 aromatic carbocycles. The number of hydrogen-bond acceptors (Lipinski definition) is 6. The van der Waals surface area contributed by atoms with E-state index in [1.165, 1.54) is 0 Å². The Labute approximate surface area is 212 Å². The van der Waals surface area contributed by atoms with Crippen LogP contribution < -0.4 is 5.32 Å². The number of aromatic nitrogens is 6. The van der Waals surface area contributed by atoms with Gasteiger partial charge in [0.25, 0.3) is 0 Å². The van der Waals surface area contributed by atoms with Crippen molar-refractivity contribution in [1.82, 2.24) is 35.0 Å². The highest BCUT2D eigenvalue weighted by atomic mass is 16.2. The Balaban J connectivity index is 1.38. The summed E-state index contributed by atoms with van der Waals surface area (Å²) in [4.78, 5) is 30.7. The Bertz CT molecular complexity index is 1740. The molecule has 0 bridgehead atoms. The van der Waals surface area contributed by atoms with Crippen LogP contribution >= 0.6 is 0 Å². The van der Waals surface area contributed by atoms with Crippen molar-refractivity contribution in [2.45, 2.75) is 0 Å². The molecule has 0 atom stereocenters. The Morgan fingerprint density at radius 1 is 0.919 bits per heavy atom. The van der Waals surface area contributed by atoms with Crippen LogP contribution in [-0.2, 0) is 4.79 Å². The van der Waals surface area contributed by atoms with E-state index >= 15 is 0 Å². The normalized spacial score (nSPS) is 11.4. The van der Waals surface area contributed by atoms with Gasteiger partial charge in [-0.1, -0.05) is 18.2 Å². The molecule has 0 aliphatic heterocycles. The zero-order valence-corrected chi connectivity index (χ0v) is 20.4. The van der Waals surface area contributed by atoms with Crippen molar-refractivity contribution in [3.8, 4) is 33.8 Å². The average molecular weight is 489 g/mol. The van der Waals surface area contributed by atoms with E-state index in [1.54, 1.807) is 24.8 Å². The molecule has 0 saturated heterocycles. The number of amides is 1. The predicted molar refractivity (Wildman–Crippen MR) is 145 cm³/mol. The number of pyridine rings is 3. The predicted octanol–water partition coefficient (Wildman–Crippen LogP) is 4.73. The molecule has 0 unspecified atom stereocenters. The third kappa shape index (κ3) is 4.43. The molecule has 9 nitrogen and oxygen atoms in total. The molecule has 0 fully saturated rings. The first kappa shape index (κ1) is 22.6. The van der Waals surface area contributed by atoms with E-state index in [0.29, 0.717) is 12.2 Å².